The van der Waals surface area contributed by atoms with Gasteiger partial charge in [-0.1, -0.05) is 36.4 Å². The average molecular weight is 499 g/mol. The van der Waals surface area contributed by atoms with E-state index in [9.17, 15) is 24.6 Å². The number of hydrogen-bond acceptors (Lipinski definition) is 8. The van der Waals surface area contributed by atoms with Gasteiger partial charge in [0.2, 0.25) is 0 Å². The Morgan fingerprint density at radius 1 is 0.667 bits per heavy atom. The number of rotatable bonds is 13. The largest absolute Gasteiger partial charge is 0.479 e. The molecule has 6 nitrogen and oxygen atoms in total. The zero-order valence-electron chi connectivity index (χ0n) is 15.6. The normalized spacial score (nSPS) is 14.1. The number of para-hydroxylation sites is 2. The van der Waals surface area contributed by atoms with Gasteiger partial charge in [0.05, 0.1) is 0 Å². The van der Waals surface area contributed by atoms with Gasteiger partial charge in [-0.25, -0.2) is 0 Å². The quantitative estimate of drug-likeness (QED) is 0.234. The monoisotopic (exact) mass is 498 g/mol. The number of hydrogen-bond donors (Lipinski definition) is 0. The summed E-state index contributed by atoms with van der Waals surface area (Å²) in [4.78, 5) is 0. The molecular weight excluding hydrogens is 478 g/mol. The third-order valence-electron chi connectivity index (χ3n) is 3.38. The van der Waals surface area contributed by atoms with Gasteiger partial charge in [-0.05, 0) is 24.3 Å². The molecule has 0 N–H and O–H groups in total. The maximum Gasteiger partial charge on any atom is 0.306 e. The Balaban J connectivity index is 1.92. The Morgan fingerprint density at radius 3 is 1.30 bits per heavy atom. The van der Waals surface area contributed by atoms with Crippen molar-refractivity contribution in [2.45, 2.75) is 10.9 Å². The van der Waals surface area contributed by atoms with Gasteiger partial charge in [0.15, 0.2) is 10.9 Å². The Labute approximate surface area is 183 Å². The molecular formula is C18H20F2O6S4. The van der Waals surface area contributed by atoms with E-state index in [1.54, 1.807) is 60.7 Å². The molecule has 2 aromatic rings. The predicted octanol–water partition coefficient (Wildman–Crippen LogP) is 3.86. The fraction of sp³-hybridized carbons (Fsp3) is 0.333. The summed E-state index contributed by atoms with van der Waals surface area (Å²) >= 11 is 2.10. The van der Waals surface area contributed by atoms with Crippen LogP contribution in [0.5, 0.6) is 11.5 Å². The van der Waals surface area contributed by atoms with E-state index in [2.05, 4.69) is 0 Å². The summed E-state index contributed by atoms with van der Waals surface area (Å²) in [7, 11) is -9.54. The lowest BCUT2D eigenvalue weighted by molar-refractivity contribution is 0.306. The lowest BCUT2D eigenvalue weighted by Gasteiger charge is -2.19. The Morgan fingerprint density at radius 2 is 1.00 bits per heavy atom. The van der Waals surface area contributed by atoms with Crippen molar-refractivity contribution in [3.63, 3.8) is 0 Å². The molecule has 30 heavy (non-hydrogen) atoms. The molecule has 12 heteroatoms. The Bertz CT molecular complexity index is 891. The van der Waals surface area contributed by atoms with Gasteiger partial charge in [0.25, 0.3) is 0 Å². The van der Waals surface area contributed by atoms with Crippen LogP contribution < -0.4 is 9.47 Å². The maximum absolute atomic E-state index is 13.2. The Kier molecular flexibility index (Phi) is 9.72. The molecule has 0 saturated carbocycles. The molecule has 0 aliphatic rings. The van der Waals surface area contributed by atoms with E-state index in [4.69, 9.17) is 9.47 Å². The van der Waals surface area contributed by atoms with E-state index in [1.165, 1.54) is 0 Å². The molecule has 0 aliphatic carbocycles. The van der Waals surface area contributed by atoms with Crippen molar-refractivity contribution in [2.75, 3.05) is 23.0 Å². The Hall–Kier alpha value is -1.50. The van der Waals surface area contributed by atoms with Crippen LogP contribution in [0.3, 0.4) is 0 Å². The lowest BCUT2D eigenvalue weighted by atomic mass is 10.3. The summed E-state index contributed by atoms with van der Waals surface area (Å²) in [5.41, 5.74) is -2.00. The molecule has 0 saturated heterocycles. The molecule has 0 amide bonds. The second-order valence-electron chi connectivity index (χ2n) is 5.87. The van der Waals surface area contributed by atoms with Crippen LogP contribution in [0.2, 0.25) is 0 Å². The van der Waals surface area contributed by atoms with Crippen LogP contribution in [0, 0.1) is 0 Å². The topological polar surface area (TPSA) is 86.7 Å². The minimum atomic E-state index is -4.77. The highest BCUT2D eigenvalue weighted by atomic mass is 32.3. The molecule has 0 aromatic heterocycles. The van der Waals surface area contributed by atoms with Crippen molar-refractivity contribution in [1.82, 2.24) is 0 Å². The minimum absolute atomic E-state index is 0.290. The molecule has 2 aromatic carbocycles. The van der Waals surface area contributed by atoms with Gasteiger partial charge in [-0.2, -0.15) is 16.8 Å². The van der Waals surface area contributed by atoms with Crippen molar-refractivity contribution in [3.8, 4) is 11.5 Å². The van der Waals surface area contributed by atoms with Gasteiger partial charge < -0.3 is 9.47 Å². The van der Waals surface area contributed by atoms with Crippen molar-refractivity contribution >= 4 is 44.0 Å². The van der Waals surface area contributed by atoms with Gasteiger partial charge in [-0.15, -0.1) is 31.3 Å². The van der Waals surface area contributed by atoms with E-state index in [-0.39, 0.29) is 0 Å². The number of ether oxygens (including phenoxy) is 2. The highest BCUT2D eigenvalue weighted by Crippen LogP contribution is 2.24. The van der Waals surface area contributed by atoms with Gasteiger partial charge in [-0.3, -0.25) is 0 Å². The first kappa shape index (κ1) is 24.8. The number of benzene rings is 2. The molecule has 2 atom stereocenters. The van der Waals surface area contributed by atoms with Crippen LogP contribution >= 0.6 is 23.5 Å². The van der Waals surface area contributed by atoms with Crippen LogP contribution in [-0.2, 0) is 20.4 Å². The van der Waals surface area contributed by atoms with E-state index < -0.39 is 42.8 Å². The first-order valence-electron chi connectivity index (χ1n) is 8.62. The second-order valence-corrected chi connectivity index (χ2v) is 11.2. The summed E-state index contributed by atoms with van der Waals surface area (Å²) in [5, 5.41) is 0. The smallest absolute Gasteiger partial charge is 0.306 e. The van der Waals surface area contributed by atoms with Gasteiger partial charge in [0, 0.05) is 11.5 Å². The van der Waals surface area contributed by atoms with E-state index in [0.29, 0.717) is 23.0 Å². The van der Waals surface area contributed by atoms with Crippen LogP contribution in [-0.4, -0.2) is 50.7 Å². The molecule has 0 fully saturated rings. The zero-order valence-corrected chi connectivity index (χ0v) is 18.9. The molecule has 166 valence electrons. The molecule has 2 rings (SSSR count). The van der Waals surface area contributed by atoms with Crippen molar-refractivity contribution in [2.24, 2.45) is 0 Å². The van der Waals surface area contributed by atoms with E-state index in [1.807, 2.05) is 0 Å². The second kappa shape index (κ2) is 11.8. The fourth-order valence-corrected chi connectivity index (χ4v) is 6.40. The third-order valence-corrected chi connectivity index (χ3v) is 7.61. The van der Waals surface area contributed by atoms with Gasteiger partial charge >= 0.3 is 20.4 Å². The number of halogens is 2. The minimum Gasteiger partial charge on any atom is -0.479 e. The summed E-state index contributed by atoms with van der Waals surface area (Å²) < 4.78 is 81.5. The molecule has 2 unspecified atom stereocenters. The fourth-order valence-electron chi connectivity index (χ4n) is 2.22. The molecule has 0 aliphatic heterocycles. The summed E-state index contributed by atoms with van der Waals surface area (Å²) in [6.07, 6.45) is 0. The number of thioether (sulfide) groups is 2. The maximum atomic E-state index is 13.2. The van der Waals surface area contributed by atoms with Crippen LogP contribution in [0.1, 0.15) is 0 Å². The summed E-state index contributed by atoms with van der Waals surface area (Å²) in [6.45, 7) is 0. The van der Waals surface area contributed by atoms with Gasteiger partial charge in [0.1, 0.15) is 23.0 Å². The van der Waals surface area contributed by atoms with E-state index >= 15 is 0 Å². The average Bonchev–Trinajstić information content (AvgIpc) is 2.64. The summed E-state index contributed by atoms with van der Waals surface area (Å²) in [5.74, 6) is -0.308. The summed E-state index contributed by atoms with van der Waals surface area (Å²) in [6, 6.07) is 16.7. The van der Waals surface area contributed by atoms with Crippen LogP contribution in [0.15, 0.2) is 60.7 Å². The standard InChI is InChI=1S/C18H20F2O6S4/c19-29(21,22)13-17(25-15-7-3-1-4-8-15)27-11-12-28-18(14-30(20,23)24)26-16-9-5-2-6-10-16/h1-10,17-18H,11-14H2. The highest BCUT2D eigenvalue weighted by Gasteiger charge is 2.23. The van der Waals surface area contributed by atoms with E-state index in [0.717, 1.165) is 23.5 Å². The SMILES string of the molecule is O=S(=O)(F)CC(Oc1ccccc1)SCCSC(CS(=O)(=O)F)Oc1ccccc1. The van der Waals surface area contributed by atoms with Crippen molar-refractivity contribution in [3.05, 3.63) is 60.7 Å². The molecule has 0 spiro atoms. The third kappa shape index (κ3) is 11.0. The molecule has 0 bridgehead atoms. The molecule has 0 radical (unpaired) electrons. The van der Waals surface area contributed by atoms with Crippen LogP contribution in [0.4, 0.5) is 7.77 Å². The first-order valence-corrected chi connectivity index (χ1v) is 13.8. The van der Waals surface area contributed by atoms with Crippen LogP contribution in [0.25, 0.3) is 0 Å². The first-order chi connectivity index (χ1) is 14.1. The predicted molar refractivity (Wildman–Crippen MR) is 116 cm³/mol. The zero-order chi connectivity index (χ0) is 22.0. The van der Waals surface area contributed by atoms with Crippen molar-refractivity contribution < 1.29 is 34.1 Å². The highest BCUT2D eigenvalue weighted by molar-refractivity contribution is 8.04. The van der Waals surface area contributed by atoms with Crippen molar-refractivity contribution in [1.29, 1.82) is 0 Å². The lowest BCUT2D eigenvalue weighted by Crippen LogP contribution is -2.24. The molecule has 0 heterocycles.